The summed E-state index contributed by atoms with van der Waals surface area (Å²) in [5, 5.41) is 22.5. The second kappa shape index (κ2) is 10.7. The van der Waals surface area contributed by atoms with Gasteiger partial charge in [-0.25, -0.2) is 0 Å². The Kier molecular flexibility index (Phi) is 7.25. The third-order valence-electron chi connectivity index (χ3n) is 10.3. The molecule has 1 aliphatic heterocycles. The van der Waals surface area contributed by atoms with E-state index in [4.69, 9.17) is 15.9 Å². The number of aliphatic hydroxyl groups is 1. The lowest BCUT2D eigenvalue weighted by molar-refractivity contribution is -0.252. The average Bonchev–Trinajstić information content (AvgIpc) is 3.06. The number of nitrogens with one attached hydrogen (secondary N) is 2. The van der Waals surface area contributed by atoms with Crippen LogP contribution < -0.4 is 21.8 Å². The predicted molar refractivity (Wildman–Crippen MR) is 152 cm³/mol. The Morgan fingerprint density at radius 3 is 2.49 bits per heavy atom. The molecule has 3 saturated carbocycles. The van der Waals surface area contributed by atoms with Crippen molar-refractivity contribution in [1.29, 1.82) is 0 Å². The van der Waals surface area contributed by atoms with Gasteiger partial charge in [0, 0.05) is 41.4 Å². The molecule has 2 aromatic carbocycles. The van der Waals surface area contributed by atoms with Gasteiger partial charge in [0.05, 0.1) is 24.4 Å². The number of nitrogens with two attached hydrogens (primary N) is 2. The van der Waals surface area contributed by atoms with Gasteiger partial charge in [0.15, 0.2) is 0 Å². The fourth-order valence-electron chi connectivity index (χ4n) is 7.88. The molecule has 0 bridgehead atoms. The standard InChI is InChI=1S/C32H42N4O3/c33-28-9-8-23(30(38)35-20-31(36-14-15-37)11-2-1-3-12-31)18-26(28)29(34)22-6-4-21(5-7-22)16-24-17-25-19-39-32(25)13-10-27(24)32/h4-9,18,24-25,27,34,36-37H,1-3,10-17,19-20,33H2,(H,35,38)/p+1. The molecule has 0 radical (unpaired) electrons. The minimum absolute atomic E-state index is 0.0876. The molecule has 4 aliphatic rings. The summed E-state index contributed by atoms with van der Waals surface area (Å²) >= 11 is 0. The number of anilines is 1. The number of carbonyl (C=O) groups is 1. The van der Waals surface area contributed by atoms with Gasteiger partial charge in [-0.05, 0) is 86.3 Å². The van der Waals surface area contributed by atoms with E-state index < -0.39 is 0 Å². The number of rotatable bonds is 10. The van der Waals surface area contributed by atoms with E-state index in [2.05, 4.69) is 34.9 Å². The first-order valence-electron chi connectivity index (χ1n) is 14.8. The molecule has 1 saturated heterocycles. The maximum Gasteiger partial charge on any atom is 0.251 e. The smallest absolute Gasteiger partial charge is 0.251 e. The van der Waals surface area contributed by atoms with Gasteiger partial charge in [0.1, 0.15) is 0 Å². The zero-order valence-electron chi connectivity index (χ0n) is 22.9. The average molecular weight is 532 g/mol. The van der Waals surface area contributed by atoms with Crippen molar-refractivity contribution in [3.63, 3.8) is 0 Å². The zero-order chi connectivity index (χ0) is 27.0. The van der Waals surface area contributed by atoms with Gasteiger partial charge in [-0.1, -0.05) is 31.4 Å². The van der Waals surface area contributed by atoms with Crippen LogP contribution in [0.3, 0.4) is 0 Å². The van der Waals surface area contributed by atoms with Gasteiger partial charge in [-0.2, -0.15) is 0 Å². The molecule has 4 unspecified atom stereocenters. The van der Waals surface area contributed by atoms with Crippen LogP contribution in [-0.4, -0.2) is 54.2 Å². The molecule has 7 heteroatoms. The minimum Gasteiger partial charge on any atom is -0.398 e. The van der Waals surface area contributed by atoms with Gasteiger partial charge < -0.3 is 26.2 Å². The summed E-state index contributed by atoms with van der Waals surface area (Å²) in [7, 11) is 0. The van der Waals surface area contributed by atoms with E-state index in [9.17, 15) is 9.90 Å². The quantitative estimate of drug-likeness (QED) is 0.238. The number of amides is 1. The molecule has 39 heavy (non-hydrogen) atoms. The van der Waals surface area contributed by atoms with E-state index >= 15 is 0 Å². The van der Waals surface area contributed by atoms with E-state index in [1.807, 2.05) is 0 Å². The number of β-amino-alcohol motifs (C(OH)–C–C–N with tert-alkyl or cyclic N) is 1. The highest BCUT2D eigenvalue weighted by Gasteiger charge is 2.65. The van der Waals surface area contributed by atoms with Gasteiger partial charge in [-0.3, -0.25) is 10.2 Å². The molecule has 2 aromatic rings. The van der Waals surface area contributed by atoms with Crippen molar-refractivity contribution in [2.75, 3.05) is 32.0 Å². The van der Waals surface area contributed by atoms with Crippen LogP contribution in [-0.2, 0) is 11.2 Å². The molecule has 208 valence electrons. The molecule has 4 fully saturated rings. The first-order chi connectivity index (χ1) is 18.9. The van der Waals surface area contributed by atoms with Crippen molar-refractivity contribution in [2.45, 2.75) is 68.9 Å². The largest absolute Gasteiger partial charge is 0.398 e. The van der Waals surface area contributed by atoms with Crippen LogP contribution in [0.25, 0.3) is 0 Å². The first kappa shape index (κ1) is 26.5. The van der Waals surface area contributed by atoms with Crippen LogP contribution >= 0.6 is 0 Å². The minimum atomic E-state index is -0.162. The Labute approximate surface area is 231 Å². The van der Waals surface area contributed by atoms with Gasteiger partial charge >= 0.3 is 0 Å². The van der Waals surface area contributed by atoms with Crippen molar-refractivity contribution in [1.82, 2.24) is 10.6 Å². The van der Waals surface area contributed by atoms with Gasteiger partial charge in [0.2, 0.25) is 5.71 Å². The molecular formula is C32H43N4O3+. The lowest BCUT2D eigenvalue weighted by Crippen LogP contribution is -2.60. The monoisotopic (exact) mass is 531 g/mol. The SMILES string of the molecule is Nc1ccc(C(=O)NCC2(NCCO)CCCCC2)cc1C(=[NH2+])c1ccc(CC2CC3COC34CCC24)cc1. The summed E-state index contributed by atoms with van der Waals surface area (Å²) in [6, 6.07) is 13.8. The Morgan fingerprint density at radius 2 is 1.85 bits per heavy atom. The Hall–Kier alpha value is -2.74. The fraction of sp³-hybridized carbons (Fsp3) is 0.562. The Balaban J connectivity index is 1.10. The zero-order valence-corrected chi connectivity index (χ0v) is 22.9. The molecule has 1 heterocycles. The van der Waals surface area contributed by atoms with Gasteiger partial charge in [0.25, 0.3) is 5.91 Å². The van der Waals surface area contributed by atoms with Crippen molar-refractivity contribution < 1.29 is 20.0 Å². The number of nitrogen functional groups attached to an aromatic ring is 1. The highest BCUT2D eigenvalue weighted by atomic mass is 16.5. The maximum absolute atomic E-state index is 13.2. The predicted octanol–water partition coefficient (Wildman–Crippen LogP) is 2.24. The number of benzene rings is 2. The second-order valence-electron chi connectivity index (χ2n) is 12.4. The lowest BCUT2D eigenvalue weighted by atomic mass is 9.63. The van der Waals surface area contributed by atoms with Crippen molar-refractivity contribution in [3.8, 4) is 0 Å². The molecule has 1 spiro atoms. The highest BCUT2D eigenvalue weighted by molar-refractivity contribution is 6.13. The molecule has 3 aliphatic carbocycles. The van der Waals surface area contributed by atoms with E-state index in [0.717, 1.165) is 62.0 Å². The number of carbonyl (C=O) groups excluding carboxylic acids is 1. The summed E-state index contributed by atoms with van der Waals surface area (Å²) in [6.45, 7) is 2.10. The normalized spacial score (nSPS) is 28.5. The van der Waals surface area contributed by atoms with Crippen LogP contribution in [0.15, 0.2) is 42.5 Å². The molecule has 7 nitrogen and oxygen atoms in total. The second-order valence-corrected chi connectivity index (χ2v) is 12.4. The van der Waals surface area contributed by atoms with Crippen LogP contribution in [0.2, 0.25) is 0 Å². The third kappa shape index (κ3) is 4.90. The first-order valence-corrected chi connectivity index (χ1v) is 14.8. The van der Waals surface area contributed by atoms with Crippen LogP contribution in [0.5, 0.6) is 0 Å². The summed E-state index contributed by atoms with van der Waals surface area (Å²) in [5.74, 6) is 2.09. The fourth-order valence-corrected chi connectivity index (χ4v) is 7.88. The molecular weight excluding hydrogens is 488 g/mol. The van der Waals surface area contributed by atoms with E-state index in [0.29, 0.717) is 35.6 Å². The Bertz CT molecular complexity index is 1220. The molecule has 0 aromatic heterocycles. The number of aliphatic hydroxyl groups excluding tert-OH is 1. The number of hydrogen-bond acceptors (Lipinski definition) is 5. The topological polar surface area (TPSA) is 122 Å². The maximum atomic E-state index is 13.2. The van der Waals surface area contributed by atoms with E-state index in [1.165, 1.54) is 31.2 Å². The molecule has 7 N–H and O–H groups in total. The Morgan fingerprint density at radius 1 is 1.08 bits per heavy atom. The van der Waals surface area contributed by atoms with Crippen LogP contribution in [0.1, 0.15) is 78.4 Å². The summed E-state index contributed by atoms with van der Waals surface area (Å²) in [6.07, 6.45) is 10.4. The lowest BCUT2D eigenvalue weighted by Gasteiger charge is -2.56. The van der Waals surface area contributed by atoms with Crippen LogP contribution in [0.4, 0.5) is 5.69 Å². The summed E-state index contributed by atoms with van der Waals surface area (Å²) < 4.78 is 6.04. The molecule has 4 atom stereocenters. The summed E-state index contributed by atoms with van der Waals surface area (Å²) in [4.78, 5) is 13.2. The van der Waals surface area contributed by atoms with Gasteiger partial charge in [-0.15, -0.1) is 0 Å². The van der Waals surface area contributed by atoms with Crippen molar-refractivity contribution in [3.05, 3.63) is 64.7 Å². The van der Waals surface area contributed by atoms with Crippen molar-refractivity contribution >= 4 is 17.3 Å². The van der Waals surface area contributed by atoms with Crippen molar-refractivity contribution in [2.24, 2.45) is 17.8 Å². The molecule has 6 rings (SSSR count). The van der Waals surface area contributed by atoms with Crippen LogP contribution in [0, 0.1) is 17.8 Å². The highest BCUT2D eigenvalue weighted by Crippen LogP contribution is 2.64. The molecule has 1 amide bonds. The summed E-state index contributed by atoms with van der Waals surface area (Å²) in [5.41, 5.74) is 11.0. The third-order valence-corrected chi connectivity index (χ3v) is 10.3. The van der Waals surface area contributed by atoms with E-state index in [1.54, 1.807) is 18.2 Å². The number of ether oxygens (including phenoxy) is 1. The number of hydrogen-bond donors (Lipinski definition) is 5. The van der Waals surface area contributed by atoms with E-state index in [-0.39, 0.29) is 23.7 Å².